The zero-order chi connectivity index (χ0) is 36.7. The topological polar surface area (TPSA) is 162 Å². The van der Waals surface area contributed by atoms with Crippen LogP contribution in [0.3, 0.4) is 0 Å². The van der Waals surface area contributed by atoms with Crippen molar-refractivity contribution in [3.05, 3.63) is 108 Å². The van der Waals surface area contributed by atoms with E-state index in [1.165, 1.54) is 34.8 Å². The highest BCUT2D eigenvalue weighted by Gasteiger charge is 2.45. The maximum atomic E-state index is 13.3. The van der Waals surface area contributed by atoms with Crippen LogP contribution < -0.4 is 25.7 Å². The van der Waals surface area contributed by atoms with Crippen molar-refractivity contribution < 1.29 is 39.0 Å². The van der Waals surface area contributed by atoms with E-state index in [1.54, 1.807) is 43.5 Å². The third kappa shape index (κ3) is 9.38. The van der Waals surface area contributed by atoms with Crippen LogP contribution in [0.25, 0.3) is 10.9 Å². The number of hydrogen-bond acceptors (Lipinski definition) is 12. The molecule has 2 aromatic carbocycles. The lowest BCUT2D eigenvalue weighted by atomic mass is 9.92. The van der Waals surface area contributed by atoms with E-state index in [1.807, 2.05) is 22.9 Å². The molecule has 0 radical (unpaired) electrons. The summed E-state index contributed by atoms with van der Waals surface area (Å²) in [5.74, 6) is 0.419. The SMILES string of the molecule is COc1cc(OCCCNC2CCC(OC(=O)C(O)(c3cccs3)c3cccs3)CC2)c(Cl)cc1CNC[C@H](O)c1ccc(O)c2[nH]c(=O)ccc12.F. The number of H-pyrrole nitrogens is 1. The first-order valence-corrected chi connectivity index (χ1v) is 19.3. The van der Waals surface area contributed by atoms with Gasteiger partial charge in [-0.25, -0.2) is 4.79 Å². The molecule has 11 nitrogen and oxygen atoms in total. The van der Waals surface area contributed by atoms with Crippen molar-refractivity contribution in [2.24, 2.45) is 0 Å². The number of aromatic nitrogens is 1. The molecular weight excluding hydrogens is 745 g/mol. The van der Waals surface area contributed by atoms with Gasteiger partial charge in [-0.05, 0) is 85.3 Å². The molecule has 1 aliphatic carbocycles. The van der Waals surface area contributed by atoms with Gasteiger partial charge in [0.25, 0.3) is 0 Å². The van der Waals surface area contributed by atoms with Crippen LogP contribution in [0.1, 0.15) is 59.1 Å². The predicted octanol–water partition coefficient (Wildman–Crippen LogP) is 6.14. The van der Waals surface area contributed by atoms with Crippen molar-refractivity contribution in [2.45, 2.75) is 62.5 Å². The third-order valence-electron chi connectivity index (χ3n) is 9.26. The van der Waals surface area contributed by atoms with E-state index >= 15 is 0 Å². The van der Waals surface area contributed by atoms with Gasteiger partial charge in [-0.3, -0.25) is 9.50 Å². The molecule has 1 fully saturated rings. The molecule has 3 aromatic heterocycles. The number of rotatable bonds is 16. The van der Waals surface area contributed by atoms with Gasteiger partial charge in [0.1, 0.15) is 23.4 Å². The zero-order valence-electron chi connectivity index (χ0n) is 29.0. The summed E-state index contributed by atoms with van der Waals surface area (Å²) < 4.78 is 17.5. The summed E-state index contributed by atoms with van der Waals surface area (Å²) in [5, 5.41) is 44.0. The average Bonchev–Trinajstić information content (AvgIpc) is 3.89. The summed E-state index contributed by atoms with van der Waals surface area (Å²) >= 11 is 9.25. The Morgan fingerprint density at radius 2 is 1.75 bits per heavy atom. The summed E-state index contributed by atoms with van der Waals surface area (Å²) in [6, 6.07) is 17.0. The second kappa shape index (κ2) is 18.3. The lowest BCUT2D eigenvalue weighted by Gasteiger charge is -2.32. The van der Waals surface area contributed by atoms with Gasteiger partial charge in [0, 0.05) is 42.2 Å². The van der Waals surface area contributed by atoms with Crippen LogP contribution >= 0.6 is 34.3 Å². The fourth-order valence-corrected chi connectivity index (χ4v) is 8.45. The normalized spacial score (nSPS) is 16.5. The molecule has 0 saturated heterocycles. The molecule has 5 aromatic rings. The summed E-state index contributed by atoms with van der Waals surface area (Å²) in [4.78, 5) is 28.7. The first-order valence-electron chi connectivity index (χ1n) is 17.1. The molecule has 0 unspecified atom stereocenters. The van der Waals surface area contributed by atoms with Crippen LogP contribution in [0.5, 0.6) is 17.2 Å². The van der Waals surface area contributed by atoms with Crippen molar-refractivity contribution in [1.82, 2.24) is 15.6 Å². The first-order chi connectivity index (χ1) is 25.2. The highest BCUT2D eigenvalue weighted by Crippen LogP contribution is 2.38. The number of aliphatic hydroxyl groups is 2. The number of nitrogens with one attached hydrogen (secondary N) is 3. The van der Waals surface area contributed by atoms with Gasteiger partial charge >= 0.3 is 5.97 Å². The van der Waals surface area contributed by atoms with Crippen LogP contribution in [0.15, 0.2) is 76.2 Å². The van der Waals surface area contributed by atoms with Gasteiger partial charge in [0.2, 0.25) is 11.2 Å². The number of ether oxygens (including phenoxy) is 3. The van der Waals surface area contributed by atoms with E-state index in [0.29, 0.717) is 56.4 Å². The largest absolute Gasteiger partial charge is 0.506 e. The van der Waals surface area contributed by atoms with Gasteiger partial charge in [-0.2, -0.15) is 0 Å². The molecule has 15 heteroatoms. The minimum atomic E-state index is -1.79. The monoisotopic (exact) mass is 787 g/mol. The maximum absolute atomic E-state index is 13.3. The molecular formula is C38H43ClFN3O8S2. The molecule has 0 bridgehead atoms. The van der Waals surface area contributed by atoms with E-state index < -0.39 is 17.7 Å². The van der Waals surface area contributed by atoms with Crippen LogP contribution in [0.2, 0.25) is 5.02 Å². The zero-order valence-corrected chi connectivity index (χ0v) is 31.4. The smallest absolute Gasteiger partial charge is 0.349 e. The molecule has 53 heavy (non-hydrogen) atoms. The number of carbonyl (C=O) groups is 1. The number of thiophene rings is 2. The fourth-order valence-electron chi connectivity index (χ4n) is 6.49. The van der Waals surface area contributed by atoms with Gasteiger partial charge in [0.15, 0.2) is 0 Å². The quantitative estimate of drug-likeness (QED) is 0.0506. The molecule has 0 amide bonds. The van der Waals surface area contributed by atoms with Crippen LogP contribution in [-0.4, -0.2) is 65.2 Å². The summed E-state index contributed by atoms with van der Waals surface area (Å²) in [6.07, 6.45) is 2.76. The number of hydrogen-bond donors (Lipinski definition) is 6. The summed E-state index contributed by atoms with van der Waals surface area (Å²) in [5.41, 5.74) is -0.490. The van der Waals surface area contributed by atoms with Crippen LogP contribution in [0.4, 0.5) is 4.70 Å². The molecule has 1 atom stereocenters. The Kier molecular flexibility index (Phi) is 13.9. The maximum Gasteiger partial charge on any atom is 0.349 e. The Hall–Kier alpha value is -4.02. The number of aliphatic hydroxyl groups excluding tert-OH is 1. The second-order valence-electron chi connectivity index (χ2n) is 12.7. The lowest BCUT2D eigenvalue weighted by molar-refractivity contribution is -0.169. The van der Waals surface area contributed by atoms with E-state index in [-0.39, 0.29) is 34.2 Å². The highest BCUT2D eigenvalue weighted by molar-refractivity contribution is 7.12. The van der Waals surface area contributed by atoms with Gasteiger partial charge in [-0.15, -0.1) is 22.7 Å². The van der Waals surface area contributed by atoms with Crippen molar-refractivity contribution in [3.63, 3.8) is 0 Å². The third-order valence-corrected chi connectivity index (χ3v) is 11.5. The number of esters is 1. The van der Waals surface area contributed by atoms with E-state index in [0.717, 1.165) is 44.2 Å². The fraction of sp³-hybridized carbons (Fsp3) is 0.368. The minimum absolute atomic E-state index is 0. The number of pyridine rings is 1. The molecule has 1 aliphatic rings. The minimum Gasteiger partial charge on any atom is -0.506 e. The summed E-state index contributed by atoms with van der Waals surface area (Å²) in [6.45, 7) is 1.76. The van der Waals surface area contributed by atoms with Crippen LogP contribution in [0, 0.1) is 0 Å². The molecule has 0 aliphatic heterocycles. The van der Waals surface area contributed by atoms with E-state index in [2.05, 4.69) is 15.6 Å². The second-order valence-corrected chi connectivity index (χ2v) is 15.0. The highest BCUT2D eigenvalue weighted by atomic mass is 35.5. The van der Waals surface area contributed by atoms with Crippen molar-refractivity contribution >= 4 is 51.1 Å². The van der Waals surface area contributed by atoms with E-state index in [9.17, 15) is 24.9 Å². The molecule has 6 rings (SSSR count). The first kappa shape index (κ1) is 40.2. The number of fused-ring (bicyclic) bond motifs is 1. The number of halogens is 2. The average molecular weight is 788 g/mol. The number of methoxy groups -OCH3 is 1. The van der Waals surface area contributed by atoms with Crippen LogP contribution in [-0.2, 0) is 21.7 Å². The Balaban J connectivity index is 0.00000541. The van der Waals surface area contributed by atoms with E-state index in [4.69, 9.17) is 25.8 Å². The Morgan fingerprint density at radius 3 is 2.42 bits per heavy atom. The predicted molar refractivity (Wildman–Crippen MR) is 205 cm³/mol. The Morgan fingerprint density at radius 1 is 1.04 bits per heavy atom. The Labute approximate surface area is 318 Å². The number of carbonyl (C=O) groups excluding carboxylic acids is 1. The Bertz CT molecular complexity index is 1970. The molecule has 3 heterocycles. The molecule has 0 spiro atoms. The summed E-state index contributed by atoms with van der Waals surface area (Å²) in [7, 11) is 1.57. The van der Waals surface area contributed by atoms with Crippen molar-refractivity contribution in [2.75, 3.05) is 26.8 Å². The van der Waals surface area contributed by atoms with Gasteiger partial charge in [0.05, 0.1) is 40.1 Å². The molecule has 1 saturated carbocycles. The standard InChI is InChI=1S/C38H42ClN3O8S2.FH/c1-48-31-20-32(28(39)19-23(31)21-40-22-30(44)26-11-13-29(43)36-27(26)12-14-35(45)42-36)49-16-4-15-41-24-7-9-25(10-8-24)50-37(46)38(47,33-5-2-17-51-33)34-6-3-18-52-34;/h2-3,5-6,11-14,17-20,24-25,30,40-41,43-44,47H,4,7-10,15-16,21-22H2,1H3,(H,42,45);1H/t24?,25?,30-;/m0./s1. The molecule has 6 N–H and O–H groups in total. The number of benzene rings is 2. The van der Waals surface area contributed by atoms with Gasteiger partial charge in [-0.1, -0.05) is 29.8 Å². The molecule has 284 valence electrons. The number of phenols is 1. The lowest BCUT2D eigenvalue weighted by Crippen LogP contribution is -2.42. The number of aromatic amines is 1. The van der Waals surface area contributed by atoms with Crippen molar-refractivity contribution in [3.8, 4) is 17.2 Å². The number of aromatic hydroxyl groups is 1. The number of phenolic OH excluding ortho intramolecular Hbond substituents is 1. The van der Waals surface area contributed by atoms with Gasteiger partial charge < -0.3 is 45.1 Å². The van der Waals surface area contributed by atoms with Crippen molar-refractivity contribution in [1.29, 1.82) is 0 Å².